The molecule has 1 aliphatic heterocycles. The van der Waals surface area contributed by atoms with Gasteiger partial charge in [-0.15, -0.1) is 0 Å². The third-order valence-electron chi connectivity index (χ3n) is 7.26. The van der Waals surface area contributed by atoms with Crippen molar-refractivity contribution >= 4 is 29.4 Å². The molecule has 41 heavy (non-hydrogen) atoms. The minimum atomic E-state index is -1.14. The number of aryl methyl sites for hydroxylation is 2. The molecule has 0 bridgehead atoms. The third-order valence-corrected chi connectivity index (χ3v) is 7.51. The van der Waals surface area contributed by atoms with Gasteiger partial charge in [0, 0.05) is 29.6 Å². The van der Waals surface area contributed by atoms with Crippen LogP contribution in [0.3, 0.4) is 0 Å². The average molecular weight is 578 g/mol. The largest absolute Gasteiger partial charge is 0.476 e. The van der Waals surface area contributed by atoms with Crippen molar-refractivity contribution in [3.05, 3.63) is 94.0 Å². The fraction of sp³-hybridized carbons (Fsp3) is 0.364. The summed E-state index contributed by atoms with van der Waals surface area (Å²) in [5.74, 6) is 0.0575. The molecule has 7 nitrogen and oxygen atoms in total. The van der Waals surface area contributed by atoms with Crippen LogP contribution < -0.4 is 9.47 Å². The van der Waals surface area contributed by atoms with Crippen LogP contribution in [0.25, 0.3) is 0 Å². The monoisotopic (exact) mass is 577 g/mol. The van der Waals surface area contributed by atoms with Gasteiger partial charge in [0.15, 0.2) is 11.4 Å². The van der Waals surface area contributed by atoms with E-state index in [0.717, 1.165) is 16.7 Å². The van der Waals surface area contributed by atoms with Crippen molar-refractivity contribution in [2.24, 2.45) is 11.8 Å². The number of ether oxygens (including phenoxy) is 3. The molecule has 3 aromatic carbocycles. The number of benzene rings is 3. The van der Waals surface area contributed by atoms with Crippen molar-refractivity contribution in [3.63, 3.8) is 0 Å². The molecule has 0 spiro atoms. The Balaban J connectivity index is 1.57. The molecule has 4 rings (SSSR count). The Morgan fingerprint density at radius 1 is 0.951 bits per heavy atom. The molecular formula is C33H36ClNO6. The molecule has 0 aliphatic carbocycles. The first-order valence-corrected chi connectivity index (χ1v) is 14.1. The number of hydrogen-bond donors (Lipinski definition) is 0. The standard InChI is InChI=1S/C33H36ClNO6/c1-6-39-31(37)33(4,5)41-30-21(2)16-23(17-22(30)3)18-25-19-35(32(38)40-27-10-8-7-9-11-27)20-28(25)29(36)24-12-14-26(34)15-13-24/h7-17,25,28H,6,18-20H2,1-5H3/t25-,28?/m0/s1. The fourth-order valence-electron chi connectivity index (χ4n) is 5.23. The molecule has 1 fully saturated rings. The third kappa shape index (κ3) is 7.27. The first-order chi connectivity index (χ1) is 19.5. The maximum Gasteiger partial charge on any atom is 0.415 e. The van der Waals surface area contributed by atoms with E-state index in [0.29, 0.717) is 35.1 Å². The van der Waals surface area contributed by atoms with E-state index < -0.39 is 23.6 Å². The first kappa shape index (κ1) is 30.1. The Bertz CT molecular complexity index is 1380. The molecular weight excluding hydrogens is 542 g/mol. The molecule has 3 aromatic rings. The van der Waals surface area contributed by atoms with Gasteiger partial charge in [-0.05, 0) is 100 Å². The molecule has 1 heterocycles. The lowest BCUT2D eigenvalue weighted by atomic mass is 9.84. The highest BCUT2D eigenvalue weighted by atomic mass is 35.5. The van der Waals surface area contributed by atoms with Gasteiger partial charge in [-0.25, -0.2) is 9.59 Å². The minimum Gasteiger partial charge on any atom is -0.476 e. The number of para-hydroxylation sites is 1. The van der Waals surface area contributed by atoms with Crippen LogP contribution in [0.1, 0.15) is 47.8 Å². The zero-order chi connectivity index (χ0) is 29.7. The van der Waals surface area contributed by atoms with E-state index in [1.807, 2.05) is 32.0 Å². The van der Waals surface area contributed by atoms with Crippen molar-refractivity contribution in [3.8, 4) is 11.5 Å². The van der Waals surface area contributed by atoms with Gasteiger partial charge in [0.05, 0.1) is 6.61 Å². The van der Waals surface area contributed by atoms with Gasteiger partial charge in [-0.3, -0.25) is 4.79 Å². The summed E-state index contributed by atoms with van der Waals surface area (Å²) in [6, 6.07) is 19.8. The molecule has 8 heteroatoms. The number of likely N-dealkylation sites (tertiary alicyclic amines) is 1. The number of ketones is 1. The van der Waals surface area contributed by atoms with Crippen LogP contribution in [0.4, 0.5) is 4.79 Å². The summed E-state index contributed by atoms with van der Waals surface area (Å²) in [6.45, 7) is 9.90. The van der Waals surface area contributed by atoms with Crippen LogP contribution in [-0.2, 0) is 16.0 Å². The quantitative estimate of drug-likeness (QED) is 0.204. The van der Waals surface area contributed by atoms with Gasteiger partial charge in [0.1, 0.15) is 11.5 Å². The Morgan fingerprint density at radius 2 is 1.59 bits per heavy atom. The van der Waals surface area contributed by atoms with Crippen LogP contribution in [0.2, 0.25) is 5.02 Å². The summed E-state index contributed by atoms with van der Waals surface area (Å²) in [7, 11) is 0. The summed E-state index contributed by atoms with van der Waals surface area (Å²) in [5, 5.41) is 0.553. The molecule has 0 aromatic heterocycles. The highest BCUT2D eigenvalue weighted by Crippen LogP contribution is 2.34. The van der Waals surface area contributed by atoms with Gasteiger partial charge in [0.2, 0.25) is 0 Å². The van der Waals surface area contributed by atoms with Crippen LogP contribution in [-0.4, -0.2) is 48.0 Å². The van der Waals surface area contributed by atoms with Crippen LogP contribution in [0.15, 0.2) is 66.7 Å². The Hall–Kier alpha value is -3.84. The molecule has 0 saturated carbocycles. The van der Waals surface area contributed by atoms with Gasteiger partial charge < -0.3 is 19.1 Å². The molecule has 1 unspecified atom stereocenters. The van der Waals surface area contributed by atoms with Gasteiger partial charge in [-0.1, -0.05) is 41.9 Å². The number of hydrogen-bond acceptors (Lipinski definition) is 6. The maximum atomic E-state index is 13.7. The summed E-state index contributed by atoms with van der Waals surface area (Å²) >= 11 is 6.05. The fourth-order valence-corrected chi connectivity index (χ4v) is 5.36. The predicted molar refractivity (Wildman–Crippen MR) is 158 cm³/mol. The van der Waals surface area contributed by atoms with E-state index in [2.05, 4.69) is 0 Å². The highest BCUT2D eigenvalue weighted by molar-refractivity contribution is 6.30. The average Bonchev–Trinajstić information content (AvgIpc) is 3.35. The van der Waals surface area contributed by atoms with E-state index in [9.17, 15) is 14.4 Å². The molecule has 1 aliphatic rings. The topological polar surface area (TPSA) is 82.1 Å². The molecule has 1 saturated heterocycles. The molecule has 0 radical (unpaired) electrons. The maximum absolute atomic E-state index is 13.7. The minimum absolute atomic E-state index is 0.0359. The molecule has 216 valence electrons. The van der Waals surface area contributed by atoms with E-state index >= 15 is 0 Å². The van der Waals surface area contributed by atoms with Crippen LogP contribution in [0.5, 0.6) is 11.5 Å². The van der Waals surface area contributed by atoms with Gasteiger partial charge in [0.25, 0.3) is 0 Å². The van der Waals surface area contributed by atoms with Crippen LogP contribution >= 0.6 is 11.6 Å². The van der Waals surface area contributed by atoms with E-state index in [4.69, 9.17) is 25.8 Å². The van der Waals surface area contributed by atoms with Crippen molar-refractivity contribution in [2.45, 2.75) is 46.6 Å². The van der Waals surface area contributed by atoms with Crippen molar-refractivity contribution < 1.29 is 28.6 Å². The van der Waals surface area contributed by atoms with Gasteiger partial charge in [-0.2, -0.15) is 0 Å². The lowest BCUT2D eigenvalue weighted by Crippen LogP contribution is -2.40. The number of Topliss-reactive ketones (excluding diaryl/α,β-unsaturated/α-hetero) is 1. The summed E-state index contributed by atoms with van der Waals surface area (Å²) in [4.78, 5) is 40.7. The number of carbonyl (C=O) groups excluding carboxylic acids is 3. The number of rotatable bonds is 9. The number of esters is 1. The highest BCUT2D eigenvalue weighted by Gasteiger charge is 2.41. The van der Waals surface area contributed by atoms with Crippen molar-refractivity contribution in [1.82, 2.24) is 4.90 Å². The van der Waals surface area contributed by atoms with E-state index in [1.54, 1.807) is 74.2 Å². The van der Waals surface area contributed by atoms with Gasteiger partial charge >= 0.3 is 12.1 Å². The SMILES string of the molecule is CCOC(=O)C(C)(C)Oc1c(C)cc(C[C@H]2CN(C(=O)Oc3ccccc3)CC2C(=O)c2ccc(Cl)cc2)cc1C. The summed E-state index contributed by atoms with van der Waals surface area (Å²) in [6.07, 6.45) is 0.0902. The second kappa shape index (κ2) is 12.8. The van der Waals surface area contributed by atoms with Crippen molar-refractivity contribution in [2.75, 3.05) is 19.7 Å². The lowest BCUT2D eigenvalue weighted by Gasteiger charge is -2.27. The second-order valence-corrected chi connectivity index (χ2v) is 11.4. The molecule has 1 amide bonds. The normalized spacial score (nSPS) is 16.8. The van der Waals surface area contributed by atoms with Crippen LogP contribution in [0, 0.1) is 25.7 Å². The lowest BCUT2D eigenvalue weighted by molar-refractivity contribution is -0.158. The number of amides is 1. The number of halogens is 1. The molecule has 0 N–H and O–H groups in total. The Morgan fingerprint density at radius 3 is 2.20 bits per heavy atom. The summed E-state index contributed by atoms with van der Waals surface area (Å²) < 4.78 is 16.9. The summed E-state index contributed by atoms with van der Waals surface area (Å²) in [5.41, 5.74) is 2.17. The second-order valence-electron chi connectivity index (χ2n) is 10.9. The first-order valence-electron chi connectivity index (χ1n) is 13.8. The zero-order valence-electron chi connectivity index (χ0n) is 24.1. The van der Waals surface area contributed by atoms with Crippen molar-refractivity contribution in [1.29, 1.82) is 0 Å². The van der Waals surface area contributed by atoms with E-state index in [1.165, 1.54) is 0 Å². The molecule has 2 atom stereocenters. The smallest absolute Gasteiger partial charge is 0.415 e. The Kier molecular flexibility index (Phi) is 9.38. The number of nitrogens with zero attached hydrogens (tertiary/aromatic N) is 1. The Labute approximate surface area is 246 Å². The zero-order valence-corrected chi connectivity index (χ0v) is 24.9. The van der Waals surface area contributed by atoms with E-state index in [-0.39, 0.29) is 24.9 Å². The predicted octanol–water partition coefficient (Wildman–Crippen LogP) is 6.85. The number of carbonyl (C=O) groups is 3.